The van der Waals surface area contributed by atoms with E-state index in [2.05, 4.69) is 10.6 Å². The molecule has 0 aliphatic heterocycles. The van der Waals surface area contributed by atoms with Crippen LogP contribution in [0.25, 0.3) is 0 Å². The Morgan fingerprint density at radius 2 is 1.59 bits per heavy atom. The zero-order valence-corrected chi connectivity index (χ0v) is 14.2. The number of anilines is 1. The van der Waals surface area contributed by atoms with Gasteiger partial charge in [-0.25, -0.2) is 0 Å². The van der Waals surface area contributed by atoms with Gasteiger partial charge in [-0.3, -0.25) is 14.5 Å². The van der Waals surface area contributed by atoms with Crippen molar-refractivity contribution in [3.8, 4) is 0 Å². The van der Waals surface area contributed by atoms with E-state index < -0.39 is 0 Å². The van der Waals surface area contributed by atoms with Crippen molar-refractivity contribution in [1.29, 1.82) is 0 Å². The molecule has 5 nitrogen and oxygen atoms in total. The smallest absolute Gasteiger partial charge is 0.251 e. The molecule has 0 aliphatic carbocycles. The fraction of sp³-hybridized carbons (Fsp3) is 0.529. The molecule has 0 saturated heterocycles. The summed E-state index contributed by atoms with van der Waals surface area (Å²) in [5.41, 5.74) is 1.01. The molecule has 0 aliphatic rings. The summed E-state index contributed by atoms with van der Waals surface area (Å²) in [4.78, 5) is 26.0. The minimum Gasteiger partial charge on any atom is -0.347 e. The summed E-state index contributed by atoms with van der Waals surface area (Å²) in [6.07, 6.45) is 0. The monoisotopic (exact) mass is 305 g/mol. The quantitative estimate of drug-likeness (QED) is 0.849. The summed E-state index contributed by atoms with van der Waals surface area (Å²) in [5.74, 6) is -0.163. The molecule has 0 aromatic heterocycles. The molecule has 0 atom stereocenters. The Balaban J connectivity index is 2.62. The van der Waals surface area contributed by atoms with Crippen molar-refractivity contribution in [1.82, 2.24) is 10.2 Å². The van der Waals surface area contributed by atoms with Crippen molar-refractivity contribution in [2.45, 2.75) is 40.2 Å². The first-order chi connectivity index (χ1) is 10.2. The van der Waals surface area contributed by atoms with E-state index in [1.54, 1.807) is 24.3 Å². The third-order valence-electron chi connectivity index (χ3n) is 3.18. The molecular weight excluding hydrogens is 278 g/mol. The maximum Gasteiger partial charge on any atom is 0.251 e. The Kier molecular flexibility index (Phi) is 6.56. The van der Waals surface area contributed by atoms with E-state index in [0.717, 1.165) is 13.1 Å². The van der Waals surface area contributed by atoms with Gasteiger partial charge in [0, 0.05) is 16.8 Å². The highest BCUT2D eigenvalue weighted by Crippen LogP contribution is 2.11. The van der Waals surface area contributed by atoms with Gasteiger partial charge in [0.1, 0.15) is 0 Å². The first-order valence-electron chi connectivity index (χ1n) is 7.70. The van der Waals surface area contributed by atoms with E-state index in [0.29, 0.717) is 17.8 Å². The number of benzene rings is 1. The second-order valence-corrected chi connectivity index (χ2v) is 6.29. The van der Waals surface area contributed by atoms with Crippen molar-refractivity contribution in [3.05, 3.63) is 29.8 Å². The molecule has 0 unspecified atom stereocenters. The van der Waals surface area contributed by atoms with Gasteiger partial charge in [-0.05, 0) is 58.1 Å². The van der Waals surface area contributed by atoms with Gasteiger partial charge < -0.3 is 10.6 Å². The molecule has 0 saturated carbocycles. The average molecular weight is 305 g/mol. The standard InChI is InChI=1S/C17H27N3O2/c1-6-20(7-2)12-15(21)18-14-10-8-13(9-11-14)16(22)19-17(3,4)5/h8-11H,6-7,12H2,1-5H3,(H,18,21)(H,19,22). The van der Waals surface area contributed by atoms with Crippen LogP contribution in [0.2, 0.25) is 0 Å². The molecule has 1 aromatic carbocycles. The van der Waals surface area contributed by atoms with Crippen LogP contribution < -0.4 is 10.6 Å². The summed E-state index contributed by atoms with van der Waals surface area (Å²) < 4.78 is 0. The molecule has 0 heterocycles. The summed E-state index contributed by atoms with van der Waals surface area (Å²) >= 11 is 0. The molecule has 122 valence electrons. The summed E-state index contributed by atoms with van der Waals surface area (Å²) in [6.45, 7) is 11.9. The van der Waals surface area contributed by atoms with Crippen LogP contribution in [-0.4, -0.2) is 41.9 Å². The molecule has 1 aromatic rings. The topological polar surface area (TPSA) is 61.4 Å². The number of hydrogen-bond acceptors (Lipinski definition) is 3. The first kappa shape index (κ1) is 18.2. The van der Waals surface area contributed by atoms with Crippen LogP contribution in [0.1, 0.15) is 45.0 Å². The van der Waals surface area contributed by atoms with Crippen LogP contribution in [-0.2, 0) is 4.79 Å². The second kappa shape index (κ2) is 7.94. The Morgan fingerprint density at radius 1 is 1.05 bits per heavy atom. The maximum absolute atomic E-state index is 12.0. The van der Waals surface area contributed by atoms with Gasteiger partial charge in [-0.2, -0.15) is 0 Å². The van der Waals surface area contributed by atoms with E-state index in [-0.39, 0.29) is 17.4 Å². The zero-order chi connectivity index (χ0) is 16.8. The largest absolute Gasteiger partial charge is 0.347 e. The Hall–Kier alpha value is -1.88. The van der Waals surface area contributed by atoms with Gasteiger partial charge in [-0.1, -0.05) is 13.8 Å². The van der Waals surface area contributed by atoms with Crippen molar-refractivity contribution in [2.24, 2.45) is 0 Å². The van der Waals surface area contributed by atoms with Gasteiger partial charge in [0.25, 0.3) is 5.91 Å². The van der Waals surface area contributed by atoms with Crippen LogP contribution in [0.5, 0.6) is 0 Å². The van der Waals surface area contributed by atoms with Gasteiger partial charge in [-0.15, -0.1) is 0 Å². The predicted octanol–water partition coefficient (Wildman–Crippen LogP) is 2.50. The van der Waals surface area contributed by atoms with E-state index in [9.17, 15) is 9.59 Å². The predicted molar refractivity (Wildman–Crippen MR) is 90.1 cm³/mol. The Bertz CT molecular complexity index is 500. The lowest BCUT2D eigenvalue weighted by Crippen LogP contribution is -2.40. The minimum atomic E-state index is -0.270. The number of nitrogens with one attached hydrogen (secondary N) is 2. The molecule has 0 spiro atoms. The van der Waals surface area contributed by atoms with Gasteiger partial charge in [0.2, 0.25) is 5.91 Å². The molecule has 2 amide bonds. The van der Waals surface area contributed by atoms with Crippen LogP contribution in [0.4, 0.5) is 5.69 Å². The molecular formula is C17H27N3O2. The zero-order valence-electron chi connectivity index (χ0n) is 14.2. The highest BCUT2D eigenvalue weighted by molar-refractivity contribution is 5.96. The lowest BCUT2D eigenvalue weighted by atomic mass is 10.1. The van der Waals surface area contributed by atoms with Crippen LogP contribution in [0.15, 0.2) is 24.3 Å². The normalized spacial score (nSPS) is 11.4. The van der Waals surface area contributed by atoms with Crippen molar-refractivity contribution in [3.63, 3.8) is 0 Å². The average Bonchev–Trinajstić information content (AvgIpc) is 2.43. The first-order valence-corrected chi connectivity index (χ1v) is 7.70. The molecule has 0 bridgehead atoms. The fourth-order valence-electron chi connectivity index (χ4n) is 1.97. The molecule has 5 heteroatoms. The molecule has 1 rings (SSSR count). The number of carbonyl (C=O) groups is 2. The van der Waals surface area contributed by atoms with Crippen molar-refractivity contribution in [2.75, 3.05) is 25.0 Å². The van der Waals surface area contributed by atoms with Gasteiger partial charge >= 0.3 is 0 Å². The Labute approximate surface area is 133 Å². The third kappa shape index (κ3) is 6.26. The maximum atomic E-state index is 12.0. The number of likely N-dealkylation sites (N-methyl/N-ethyl adjacent to an activating group) is 1. The number of carbonyl (C=O) groups excluding carboxylic acids is 2. The Morgan fingerprint density at radius 3 is 2.05 bits per heavy atom. The van der Waals surface area contributed by atoms with Crippen molar-refractivity contribution < 1.29 is 9.59 Å². The van der Waals surface area contributed by atoms with Crippen LogP contribution in [0, 0.1) is 0 Å². The lowest BCUT2D eigenvalue weighted by Gasteiger charge is -2.20. The van der Waals surface area contributed by atoms with Gasteiger partial charge in [0.05, 0.1) is 6.54 Å². The lowest BCUT2D eigenvalue weighted by molar-refractivity contribution is -0.117. The molecule has 22 heavy (non-hydrogen) atoms. The van der Waals surface area contributed by atoms with Crippen LogP contribution in [0.3, 0.4) is 0 Å². The third-order valence-corrected chi connectivity index (χ3v) is 3.18. The highest BCUT2D eigenvalue weighted by atomic mass is 16.2. The minimum absolute atomic E-state index is 0.0457. The summed E-state index contributed by atoms with van der Waals surface area (Å²) in [7, 11) is 0. The highest BCUT2D eigenvalue weighted by Gasteiger charge is 2.15. The number of hydrogen-bond donors (Lipinski definition) is 2. The van der Waals surface area contributed by atoms with Gasteiger partial charge in [0.15, 0.2) is 0 Å². The molecule has 0 radical (unpaired) electrons. The van der Waals surface area contributed by atoms with E-state index in [1.807, 2.05) is 39.5 Å². The van der Waals surface area contributed by atoms with E-state index in [1.165, 1.54) is 0 Å². The van der Waals surface area contributed by atoms with Crippen LogP contribution >= 0.6 is 0 Å². The summed E-state index contributed by atoms with van der Waals surface area (Å²) in [6, 6.07) is 6.93. The number of rotatable bonds is 6. The van der Waals surface area contributed by atoms with E-state index in [4.69, 9.17) is 0 Å². The molecule has 0 fully saturated rings. The SMILES string of the molecule is CCN(CC)CC(=O)Nc1ccc(C(=O)NC(C)(C)C)cc1. The number of nitrogens with zero attached hydrogens (tertiary/aromatic N) is 1. The van der Waals surface area contributed by atoms with Crippen molar-refractivity contribution >= 4 is 17.5 Å². The fourth-order valence-corrected chi connectivity index (χ4v) is 1.97. The van der Waals surface area contributed by atoms with E-state index >= 15 is 0 Å². The summed E-state index contributed by atoms with van der Waals surface area (Å²) in [5, 5.41) is 5.75. The molecule has 2 N–H and O–H groups in total. The second-order valence-electron chi connectivity index (χ2n) is 6.29. The number of amides is 2.